The minimum absolute atomic E-state index is 0.121. The third-order valence-corrected chi connectivity index (χ3v) is 6.54. The number of hydrogen-bond donors (Lipinski definition) is 1. The Balaban J connectivity index is 1.40. The molecule has 0 aliphatic heterocycles. The van der Waals surface area contributed by atoms with Gasteiger partial charge in [0.2, 0.25) is 5.91 Å². The highest BCUT2D eigenvalue weighted by atomic mass is 79.9. The van der Waals surface area contributed by atoms with E-state index in [4.69, 9.17) is 0 Å². The first-order chi connectivity index (χ1) is 14.6. The molecule has 152 valence electrons. The fraction of sp³-hybridized carbons (Fsp3) is 0.143. The second-order valence-electron chi connectivity index (χ2n) is 6.30. The average Bonchev–Trinajstić information content (AvgIpc) is 3.40. The number of nitrogens with one attached hydrogen (secondary N) is 1. The Hall–Kier alpha value is -2.49. The van der Waals surface area contributed by atoms with Gasteiger partial charge in [0.15, 0.2) is 16.1 Å². The van der Waals surface area contributed by atoms with E-state index in [-0.39, 0.29) is 11.7 Å². The highest BCUT2D eigenvalue weighted by molar-refractivity contribution is 9.10. The molecular weight excluding hydrogens is 482 g/mol. The minimum Gasteiger partial charge on any atom is -0.302 e. The lowest BCUT2D eigenvalue weighted by molar-refractivity contribution is -0.113. The van der Waals surface area contributed by atoms with Crippen molar-refractivity contribution in [3.8, 4) is 22.6 Å². The molecule has 0 fully saturated rings. The highest BCUT2D eigenvalue weighted by Crippen LogP contribution is 2.27. The van der Waals surface area contributed by atoms with Crippen LogP contribution in [0.25, 0.3) is 22.6 Å². The van der Waals surface area contributed by atoms with Gasteiger partial charge in [-0.1, -0.05) is 70.2 Å². The fourth-order valence-electron chi connectivity index (χ4n) is 2.85. The molecule has 2 aromatic heterocycles. The number of halogens is 1. The molecule has 2 heterocycles. The van der Waals surface area contributed by atoms with Crippen LogP contribution in [0, 0.1) is 0 Å². The van der Waals surface area contributed by atoms with Crippen LogP contribution in [0.5, 0.6) is 0 Å². The van der Waals surface area contributed by atoms with Crippen LogP contribution in [-0.2, 0) is 11.3 Å². The molecule has 1 amide bonds. The van der Waals surface area contributed by atoms with Crippen LogP contribution in [0.15, 0.2) is 69.6 Å². The van der Waals surface area contributed by atoms with Crippen molar-refractivity contribution in [1.82, 2.24) is 19.7 Å². The number of hydrogen-bond acceptors (Lipinski definition) is 6. The molecule has 0 aliphatic rings. The summed E-state index contributed by atoms with van der Waals surface area (Å²) in [7, 11) is 0. The molecule has 0 bridgehead atoms. The SMILES string of the molecule is CCn1c(SCC(=O)Nc2nc(-c3ccccc3)cs2)nnc1-c1ccc(Br)cc1. The van der Waals surface area contributed by atoms with Gasteiger partial charge in [-0.25, -0.2) is 4.98 Å². The van der Waals surface area contributed by atoms with Crippen LogP contribution in [0.1, 0.15) is 6.92 Å². The van der Waals surface area contributed by atoms with Gasteiger partial charge >= 0.3 is 0 Å². The van der Waals surface area contributed by atoms with E-state index in [1.54, 1.807) is 0 Å². The number of thiazole rings is 1. The van der Waals surface area contributed by atoms with Crippen LogP contribution >= 0.6 is 39.0 Å². The third kappa shape index (κ3) is 4.80. The summed E-state index contributed by atoms with van der Waals surface area (Å²) in [5.74, 6) is 0.906. The molecule has 0 saturated heterocycles. The van der Waals surface area contributed by atoms with Crippen molar-refractivity contribution < 1.29 is 4.79 Å². The normalized spacial score (nSPS) is 10.9. The van der Waals surface area contributed by atoms with Gasteiger partial charge < -0.3 is 9.88 Å². The van der Waals surface area contributed by atoms with Gasteiger partial charge in [0.1, 0.15) is 0 Å². The summed E-state index contributed by atoms with van der Waals surface area (Å²) in [5, 5.41) is 14.7. The van der Waals surface area contributed by atoms with Crippen LogP contribution in [0.2, 0.25) is 0 Å². The van der Waals surface area contributed by atoms with Gasteiger partial charge in [-0.05, 0) is 19.1 Å². The first kappa shape index (κ1) is 20.8. The number of benzene rings is 2. The zero-order valence-corrected chi connectivity index (χ0v) is 19.3. The van der Waals surface area contributed by atoms with Crippen molar-refractivity contribution in [2.24, 2.45) is 0 Å². The van der Waals surface area contributed by atoms with Gasteiger partial charge in [-0.15, -0.1) is 21.5 Å². The summed E-state index contributed by atoms with van der Waals surface area (Å²) in [4.78, 5) is 16.9. The van der Waals surface area contributed by atoms with Crippen LogP contribution in [0.4, 0.5) is 5.13 Å². The Bertz CT molecular complexity index is 1140. The molecule has 4 rings (SSSR count). The molecule has 30 heavy (non-hydrogen) atoms. The maximum Gasteiger partial charge on any atom is 0.236 e. The standard InChI is InChI=1S/C21H18BrN5OS2/c1-2-27-19(15-8-10-16(22)11-9-15)25-26-21(27)30-13-18(28)24-20-23-17(12-29-20)14-6-4-3-5-7-14/h3-12H,2,13H2,1H3,(H,23,24,28). The predicted molar refractivity (Wildman–Crippen MR) is 126 cm³/mol. The predicted octanol–water partition coefficient (Wildman–Crippen LogP) is 5.58. The molecule has 9 heteroatoms. The molecule has 0 radical (unpaired) electrons. The lowest BCUT2D eigenvalue weighted by Crippen LogP contribution is -2.14. The monoisotopic (exact) mass is 499 g/mol. The van der Waals surface area contributed by atoms with Crippen LogP contribution in [-0.4, -0.2) is 31.4 Å². The molecule has 0 spiro atoms. The van der Waals surface area contributed by atoms with Crippen molar-refractivity contribution in [3.05, 3.63) is 64.5 Å². The van der Waals surface area contributed by atoms with Crippen molar-refractivity contribution in [1.29, 1.82) is 0 Å². The van der Waals surface area contributed by atoms with Gasteiger partial charge in [0.05, 0.1) is 11.4 Å². The number of amides is 1. The Morgan fingerprint density at radius 1 is 1.10 bits per heavy atom. The Morgan fingerprint density at radius 3 is 2.60 bits per heavy atom. The van der Waals surface area contributed by atoms with E-state index in [1.165, 1.54) is 23.1 Å². The average molecular weight is 500 g/mol. The summed E-state index contributed by atoms with van der Waals surface area (Å²) >= 11 is 6.23. The minimum atomic E-state index is -0.121. The second kappa shape index (κ2) is 9.55. The van der Waals surface area contributed by atoms with E-state index in [0.717, 1.165) is 38.8 Å². The molecule has 1 N–H and O–H groups in total. The molecule has 0 unspecified atom stereocenters. The quantitative estimate of drug-likeness (QED) is 0.336. The smallest absolute Gasteiger partial charge is 0.236 e. The number of carbonyl (C=O) groups excluding carboxylic acids is 1. The lowest BCUT2D eigenvalue weighted by Gasteiger charge is -2.07. The van der Waals surface area contributed by atoms with E-state index < -0.39 is 0 Å². The van der Waals surface area contributed by atoms with E-state index in [0.29, 0.717) is 5.13 Å². The highest BCUT2D eigenvalue weighted by Gasteiger charge is 2.15. The van der Waals surface area contributed by atoms with Crippen LogP contribution < -0.4 is 5.32 Å². The molecule has 0 atom stereocenters. The summed E-state index contributed by atoms with van der Waals surface area (Å²) in [6, 6.07) is 17.8. The molecule has 4 aromatic rings. The van der Waals surface area contributed by atoms with Crippen molar-refractivity contribution >= 4 is 50.1 Å². The first-order valence-corrected chi connectivity index (χ1v) is 11.9. The Labute approximate surface area is 190 Å². The van der Waals surface area contributed by atoms with Crippen molar-refractivity contribution in [2.45, 2.75) is 18.6 Å². The fourth-order valence-corrected chi connectivity index (χ4v) is 4.65. The summed E-state index contributed by atoms with van der Waals surface area (Å²) in [6.45, 7) is 2.76. The van der Waals surface area contributed by atoms with Crippen LogP contribution in [0.3, 0.4) is 0 Å². The zero-order valence-electron chi connectivity index (χ0n) is 16.1. The van der Waals surface area contributed by atoms with E-state index in [9.17, 15) is 4.79 Å². The maximum atomic E-state index is 12.4. The number of carbonyl (C=O) groups is 1. The molecular formula is C21H18BrN5OS2. The lowest BCUT2D eigenvalue weighted by atomic mass is 10.2. The number of nitrogens with zero attached hydrogens (tertiary/aromatic N) is 4. The molecule has 6 nitrogen and oxygen atoms in total. The largest absolute Gasteiger partial charge is 0.302 e. The van der Waals surface area contributed by atoms with Gasteiger partial charge in [-0.2, -0.15) is 0 Å². The van der Waals surface area contributed by atoms with Crippen molar-refractivity contribution in [2.75, 3.05) is 11.1 Å². The number of rotatable bonds is 7. The first-order valence-electron chi connectivity index (χ1n) is 9.26. The Morgan fingerprint density at radius 2 is 1.87 bits per heavy atom. The summed E-state index contributed by atoms with van der Waals surface area (Å²) in [5.41, 5.74) is 2.87. The van der Waals surface area contributed by atoms with Gasteiger partial charge in [0.25, 0.3) is 0 Å². The molecule has 0 saturated carbocycles. The topological polar surface area (TPSA) is 72.7 Å². The number of aromatic nitrogens is 4. The summed E-state index contributed by atoms with van der Waals surface area (Å²) in [6.07, 6.45) is 0. The maximum absolute atomic E-state index is 12.4. The van der Waals surface area contributed by atoms with E-state index >= 15 is 0 Å². The Kier molecular flexibility index (Phi) is 6.61. The zero-order chi connectivity index (χ0) is 20.9. The number of anilines is 1. The van der Waals surface area contributed by atoms with Gasteiger partial charge in [0, 0.05) is 27.5 Å². The summed E-state index contributed by atoms with van der Waals surface area (Å²) < 4.78 is 3.02. The van der Waals surface area contributed by atoms with E-state index in [1.807, 2.05) is 71.5 Å². The molecule has 0 aliphatic carbocycles. The molecule has 2 aromatic carbocycles. The number of thioether (sulfide) groups is 1. The van der Waals surface area contributed by atoms with Crippen molar-refractivity contribution in [3.63, 3.8) is 0 Å². The van der Waals surface area contributed by atoms with E-state index in [2.05, 4.69) is 36.4 Å². The second-order valence-corrected chi connectivity index (χ2v) is 9.01. The van der Waals surface area contributed by atoms with Gasteiger partial charge in [-0.3, -0.25) is 4.79 Å². The third-order valence-electron chi connectivity index (χ3n) is 4.29.